The van der Waals surface area contributed by atoms with Gasteiger partial charge in [-0.2, -0.15) is 0 Å². The number of rotatable bonds is 4. The molecule has 2 aliphatic heterocycles. The van der Waals surface area contributed by atoms with Crippen molar-refractivity contribution in [3.8, 4) is 5.95 Å². The van der Waals surface area contributed by atoms with Crippen LogP contribution in [0, 0.1) is 13.8 Å². The average Bonchev–Trinajstić information content (AvgIpc) is 3.35. The molecular formula is C22H24N6O2. The maximum absolute atomic E-state index is 11.8. The number of fused-ring (bicyclic) bond motifs is 1. The Morgan fingerprint density at radius 2 is 2.03 bits per heavy atom. The lowest BCUT2D eigenvalue weighted by Gasteiger charge is -2.34. The molecule has 2 aliphatic rings. The predicted molar refractivity (Wildman–Crippen MR) is 110 cm³/mol. The van der Waals surface area contributed by atoms with E-state index >= 15 is 0 Å². The summed E-state index contributed by atoms with van der Waals surface area (Å²) in [6.07, 6.45) is 7.41. The highest BCUT2D eigenvalue weighted by atomic mass is 16.5. The number of carbonyl (C=O) groups excluding carboxylic acids is 1. The van der Waals surface area contributed by atoms with Crippen molar-refractivity contribution in [1.29, 1.82) is 0 Å². The fourth-order valence-electron chi connectivity index (χ4n) is 4.26. The Morgan fingerprint density at radius 3 is 2.80 bits per heavy atom. The van der Waals surface area contributed by atoms with Crippen molar-refractivity contribution in [2.24, 2.45) is 0 Å². The lowest BCUT2D eigenvalue weighted by atomic mass is 9.93. The number of carbonyl (C=O) groups is 1. The summed E-state index contributed by atoms with van der Waals surface area (Å²) in [5, 5.41) is 3.62. The molecule has 8 nitrogen and oxygen atoms in total. The van der Waals surface area contributed by atoms with E-state index in [2.05, 4.69) is 38.2 Å². The number of imidazole rings is 1. The van der Waals surface area contributed by atoms with Gasteiger partial charge in [-0.15, -0.1) is 0 Å². The van der Waals surface area contributed by atoms with Gasteiger partial charge >= 0.3 is 5.97 Å². The zero-order valence-electron chi connectivity index (χ0n) is 17.1. The number of hydrogen-bond acceptors (Lipinski definition) is 7. The van der Waals surface area contributed by atoms with Gasteiger partial charge in [0.15, 0.2) is 0 Å². The highest BCUT2D eigenvalue weighted by Gasteiger charge is 2.28. The van der Waals surface area contributed by atoms with E-state index in [4.69, 9.17) is 4.74 Å². The van der Waals surface area contributed by atoms with Gasteiger partial charge in [-0.25, -0.2) is 19.7 Å². The van der Waals surface area contributed by atoms with E-state index in [9.17, 15) is 4.79 Å². The van der Waals surface area contributed by atoms with Gasteiger partial charge < -0.3 is 10.1 Å². The Labute approximate surface area is 174 Å². The first-order valence-corrected chi connectivity index (χ1v) is 10.2. The maximum atomic E-state index is 11.8. The molecule has 1 N–H and O–H groups in total. The molecule has 0 radical (unpaired) electrons. The third-order valence-electron chi connectivity index (χ3n) is 5.88. The fraction of sp³-hybridized carbons (Fsp3) is 0.364. The van der Waals surface area contributed by atoms with Crippen LogP contribution in [0.15, 0.2) is 37.1 Å². The molecule has 0 amide bonds. The molecule has 1 aromatic carbocycles. The first-order chi connectivity index (χ1) is 14.6. The minimum absolute atomic E-state index is 0.216. The lowest BCUT2D eigenvalue weighted by Crippen LogP contribution is -2.45. The van der Waals surface area contributed by atoms with Gasteiger partial charge in [0.05, 0.1) is 11.3 Å². The molecule has 30 heavy (non-hydrogen) atoms. The number of aryl methyl sites for hydroxylation is 1. The second kappa shape index (κ2) is 7.62. The second-order valence-electron chi connectivity index (χ2n) is 7.94. The van der Waals surface area contributed by atoms with Crippen molar-refractivity contribution in [2.45, 2.75) is 33.0 Å². The summed E-state index contributed by atoms with van der Waals surface area (Å²) in [4.78, 5) is 27.4. The quantitative estimate of drug-likeness (QED) is 0.667. The predicted octanol–water partition coefficient (Wildman–Crippen LogP) is 2.10. The Bertz CT molecular complexity index is 1090. The maximum Gasteiger partial charge on any atom is 0.338 e. The molecule has 1 fully saturated rings. The van der Waals surface area contributed by atoms with Crippen LogP contribution in [-0.4, -0.2) is 50.0 Å². The molecule has 0 spiro atoms. The van der Waals surface area contributed by atoms with E-state index in [1.165, 1.54) is 5.56 Å². The van der Waals surface area contributed by atoms with Crippen LogP contribution in [-0.2, 0) is 17.9 Å². The summed E-state index contributed by atoms with van der Waals surface area (Å²) in [6.45, 7) is 7.96. The van der Waals surface area contributed by atoms with Crippen molar-refractivity contribution in [2.75, 3.05) is 19.6 Å². The highest BCUT2D eigenvalue weighted by molar-refractivity contribution is 5.93. The lowest BCUT2D eigenvalue weighted by molar-refractivity contribution is 0.0535. The van der Waals surface area contributed by atoms with Gasteiger partial charge in [0.1, 0.15) is 12.9 Å². The smallest absolute Gasteiger partial charge is 0.338 e. The van der Waals surface area contributed by atoms with Crippen LogP contribution >= 0.6 is 0 Å². The topological polar surface area (TPSA) is 85.2 Å². The fourth-order valence-corrected chi connectivity index (χ4v) is 4.26. The number of cyclic esters (lactones) is 1. The number of benzene rings is 1. The number of nitrogens with zero attached hydrogens (tertiary/aromatic N) is 5. The molecule has 1 atom stereocenters. The molecule has 1 unspecified atom stereocenters. The second-order valence-corrected chi connectivity index (χ2v) is 7.94. The van der Waals surface area contributed by atoms with Crippen LogP contribution in [0.1, 0.15) is 44.3 Å². The molecular weight excluding hydrogens is 380 g/mol. The van der Waals surface area contributed by atoms with Gasteiger partial charge in [0.2, 0.25) is 5.95 Å². The first kappa shape index (κ1) is 18.9. The Hall–Kier alpha value is -3.10. The van der Waals surface area contributed by atoms with Crippen molar-refractivity contribution in [1.82, 2.24) is 29.7 Å². The normalized spacial score (nSPS) is 19.0. The van der Waals surface area contributed by atoms with Crippen LogP contribution in [0.5, 0.6) is 0 Å². The molecule has 154 valence electrons. The minimum Gasteiger partial charge on any atom is -0.457 e. The molecule has 0 bridgehead atoms. The van der Waals surface area contributed by atoms with Crippen molar-refractivity contribution < 1.29 is 9.53 Å². The Balaban J connectivity index is 1.29. The zero-order valence-corrected chi connectivity index (χ0v) is 17.1. The largest absolute Gasteiger partial charge is 0.457 e. The molecule has 2 aromatic heterocycles. The van der Waals surface area contributed by atoms with Crippen LogP contribution in [0.2, 0.25) is 0 Å². The van der Waals surface area contributed by atoms with Crippen LogP contribution in [0.25, 0.3) is 5.95 Å². The SMILES string of the molecule is Cc1cn(-c2ncc(CN3CCNC(c4ccc5c(c4C)COC5=O)C3)cn2)cn1. The Kier molecular flexibility index (Phi) is 4.80. The van der Waals surface area contributed by atoms with E-state index in [0.29, 0.717) is 18.1 Å². The third-order valence-corrected chi connectivity index (χ3v) is 5.88. The third kappa shape index (κ3) is 3.48. The number of aromatic nitrogens is 4. The number of nitrogens with one attached hydrogen (secondary N) is 1. The van der Waals surface area contributed by atoms with Crippen LogP contribution in [0.4, 0.5) is 0 Å². The summed E-state index contributed by atoms with van der Waals surface area (Å²) < 4.78 is 7.02. The summed E-state index contributed by atoms with van der Waals surface area (Å²) in [5.74, 6) is 0.412. The van der Waals surface area contributed by atoms with Crippen molar-refractivity contribution in [3.63, 3.8) is 0 Å². The highest BCUT2D eigenvalue weighted by Crippen LogP contribution is 2.30. The molecule has 3 aromatic rings. The van der Waals surface area contributed by atoms with E-state index in [1.54, 1.807) is 6.33 Å². The van der Waals surface area contributed by atoms with Crippen molar-refractivity contribution >= 4 is 5.97 Å². The number of piperazine rings is 1. The van der Waals surface area contributed by atoms with Gasteiger partial charge in [-0.05, 0) is 31.0 Å². The standard InChI is InChI=1S/C22H24N6O2/c1-14-9-28(13-26-14)22-24-7-16(8-25-22)10-27-6-5-23-20(11-27)17-3-4-18-19(15(17)2)12-30-21(18)29/h3-4,7-9,13,20,23H,5-6,10-12H2,1-2H3. The summed E-state index contributed by atoms with van der Waals surface area (Å²) in [5.41, 5.74) is 6.14. The minimum atomic E-state index is -0.216. The first-order valence-electron chi connectivity index (χ1n) is 10.2. The number of esters is 1. The van der Waals surface area contributed by atoms with E-state index < -0.39 is 0 Å². The zero-order chi connectivity index (χ0) is 20.7. The van der Waals surface area contributed by atoms with Gasteiger partial charge in [-0.3, -0.25) is 9.47 Å². The van der Waals surface area contributed by atoms with Crippen LogP contribution in [0.3, 0.4) is 0 Å². The molecule has 8 heteroatoms. The number of ether oxygens (including phenoxy) is 1. The molecule has 0 aliphatic carbocycles. The molecule has 5 rings (SSSR count). The van der Waals surface area contributed by atoms with Gasteiger partial charge in [-0.1, -0.05) is 6.07 Å². The van der Waals surface area contributed by atoms with Crippen molar-refractivity contribution in [3.05, 3.63) is 70.6 Å². The van der Waals surface area contributed by atoms with Gasteiger partial charge in [0.25, 0.3) is 0 Å². The number of hydrogen-bond donors (Lipinski definition) is 1. The summed E-state index contributed by atoms with van der Waals surface area (Å²) in [7, 11) is 0. The van der Waals surface area contributed by atoms with E-state index in [1.807, 2.05) is 36.1 Å². The van der Waals surface area contributed by atoms with Crippen LogP contribution < -0.4 is 5.32 Å². The van der Waals surface area contributed by atoms with Gasteiger partial charge in [0, 0.05) is 61.9 Å². The van der Waals surface area contributed by atoms with E-state index in [0.717, 1.165) is 48.6 Å². The van der Waals surface area contributed by atoms with E-state index in [-0.39, 0.29) is 12.0 Å². The summed E-state index contributed by atoms with van der Waals surface area (Å²) in [6, 6.07) is 4.18. The Morgan fingerprint density at radius 1 is 1.20 bits per heavy atom. The monoisotopic (exact) mass is 404 g/mol. The average molecular weight is 404 g/mol. The summed E-state index contributed by atoms with van der Waals surface area (Å²) >= 11 is 0. The molecule has 0 saturated carbocycles. The molecule has 4 heterocycles. The molecule has 1 saturated heterocycles.